The molecule has 0 unspecified atom stereocenters. The molecular weight excluding hydrogens is 498 g/mol. The molecular formula is C25H34ClN7O4. The predicted octanol–water partition coefficient (Wildman–Crippen LogP) is 3.05. The number of hydrogen-bond acceptors (Lipinski definition) is 9. The molecule has 1 aromatic carbocycles. The van der Waals surface area contributed by atoms with Gasteiger partial charge in [-0.05, 0) is 39.1 Å². The second-order valence-electron chi connectivity index (χ2n) is 8.75. The van der Waals surface area contributed by atoms with Gasteiger partial charge in [0.2, 0.25) is 23.6 Å². The van der Waals surface area contributed by atoms with E-state index in [0.29, 0.717) is 29.7 Å². The Kier molecular flexibility index (Phi) is 9.93. The van der Waals surface area contributed by atoms with Gasteiger partial charge in [-0.25, -0.2) is 4.98 Å². The fourth-order valence-corrected chi connectivity index (χ4v) is 4.16. The van der Waals surface area contributed by atoms with Gasteiger partial charge in [0.05, 0.1) is 36.9 Å². The number of benzene rings is 1. The summed E-state index contributed by atoms with van der Waals surface area (Å²) >= 11 is 6.18. The number of carbonyl (C=O) groups is 2. The average Bonchev–Trinajstić information content (AvgIpc) is 2.88. The van der Waals surface area contributed by atoms with Gasteiger partial charge in [0, 0.05) is 32.1 Å². The topological polar surface area (TPSA) is 121 Å². The number of methoxy groups -OCH3 is 1. The highest BCUT2D eigenvalue weighted by Gasteiger charge is 2.24. The summed E-state index contributed by atoms with van der Waals surface area (Å²) < 4.78 is 11.3. The Labute approximate surface area is 222 Å². The monoisotopic (exact) mass is 531 g/mol. The maximum Gasteiger partial charge on any atom is 0.247 e. The lowest BCUT2D eigenvalue weighted by Crippen LogP contribution is -2.42. The van der Waals surface area contributed by atoms with Gasteiger partial charge in [-0.15, -0.1) is 0 Å². The van der Waals surface area contributed by atoms with Crippen LogP contribution in [-0.4, -0.2) is 80.2 Å². The van der Waals surface area contributed by atoms with Crippen molar-refractivity contribution in [3.8, 4) is 11.6 Å². The zero-order valence-corrected chi connectivity index (χ0v) is 22.4. The smallest absolute Gasteiger partial charge is 0.247 e. The van der Waals surface area contributed by atoms with Crippen LogP contribution in [0.15, 0.2) is 31.0 Å². The van der Waals surface area contributed by atoms with Crippen molar-refractivity contribution in [1.29, 1.82) is 0 Å². The number of ether oxygens (including phenoxy) is 2. The van der Waals surface area contributed by atoms with Gasteiger partial charge in [0.1, 0.15) is 17.4 Å². The molecule has 1 aliphatic rings. The molecule has 0 atom stereocenters. The molecule has 0 saturated carbocycles. The van der Waals surface area contributed by atoms with Crippen LogP contribution < -0.4 is 30.3 Å². The molecule has 0 bridgehead atoms. The van der Waals surface area contributed by atoms with Crippen LogP contribution in [0.3, 0.4) is 0 Å². The summed E-state index contributed by atoms with van der Waals surface area (Å²) in [4.78, 5) is 36.3. The number of nitrogens with one attached hydrogen (secondary N) is 3. The van der Waals surface area contributed by atoms with Gasteiger partial charge in [0.25, 0.3) is 0 Å². The Hall–Kier alpha value is -3.57. The van der Waals surface area contributed by atoms with Crippen molar-refractivity contribution in [1.82, 2.24) is 20.2 Å². The number of nitrogens with zero attached hydrogens (tertiary/aromatic N) is 4. The first kappa shape index (κ1) is 28.0. The number of piperidine rings is 1. The third kappa shape index (κ3) is 7.70. The van der Waals surface area contributed by atoms with Crippen LogP contribution in [0.1, 0.15) is 19.8 Å². The van der Waals surface area contributed by atoms with Crippen LogP contribution in [0.5, 0.6) is 11.6 Å². The van der Waals surface area contributed by atoms with Crippen LogP contribution in [0.2, 0.25) is 5.02 Å². The highest BCUT2D eigenvalue weighted by Crippen LogP contribution is 2.39. The Balaban J connectivity index is 1.86. The molecule has 1 fully saturated rings. The van der Waals surface area contributed by atoms with Crippen molar-refractivity contribution in [3.05, 3.63) is 36.0 Å². The van der Waals surface area contributed by atoms with Crippen molar-refractivity contribution in [2.75, 3.05) is 63.0 Å². The summed E-state index contributed by atoms with van der Waals surface area (Å²) in [6, 6.07) is 4.18. The minimum Gasteiger partial charge on any atom is -0.494 e. The molecule has 2 amide bonds. The molecule has 37 heavy (non-hydrogen) atoms. The number of halogens is 1. The number of hydrogen-bond donors (Lipinski definition) is 3. The van der Waals surface area contributed by atoms with E-state index in [4.69, 9.17) is 21.1 Å². The molecule has 1 saturated heterocycles. The lowest BCUT2D eigenvalue weighted by Gasteiger charge is -2.37. The van der Waals surface area contributed by atoms with Gasteiger partial charge in [-0.3, -0.25) is 9.59 Å². The van der Waals surface area contributed by atoms with E-state index in [2.05, 4.69) is 56.4 Å². The van der Waals surface area contributed by atoms with Gasteiger partial charge in [0.15, 0.2) is 0 Å². The Morgan fingerprint density at radius 3 is 2.62 bits per heavy atom. The normalized spacial score (nSPS) is 13.7. The number of amides is 2. The van der Waals surface area contributed by atoms with Crippen molar-refractivity contribution >= 4 is 46.4 Å². The molecule has 1 aliphatic heterocycles. The summed E-state index contributed by atoms with van der Waals surface area (Å²) in [6.45, 7) is 7.18. The van der Waals surface area contributed by atoms with Crippen molar-refractivity contribution in [2.24, 2.45) is 0 Å². The minimum absolute atomic E-state index is 0.156. The van der Waals surface area contributed by atoms with Gasteiger partial charge in [-0.1, -0.05) is 18.2 Å². The van der Waals surface area contributed by atoms with E-state index in [1.165, 1.54) is 19.2 Å². The van der Waals surface area contributed by atoms with Gasteiger partial charge < -0.3 is 35.2 Å². The van der Waals surface area contributed by atoms with E-state index in [9.17, 15) is 9.59 Å². The van der Waals surface area contributed by atoms with Crippen molar-refractivity contribution in [2.45, 2.75) is 25.8 Å². The highest BCUT2D eigenvalue weighted by atomic mass is 35.5. The summed E-state index contributed by atoms with van der Waals surface area (Å²) in [5.74, 6) is 0.463. The number of aromatic nitrogens is 2. The molecule has 2 heterocycles. The average molecular weight is 532 g/mol. The lowest BCUT2D eigenvalue weighted by molar-refractivity contribution is -0.119. The molecule has 12 heteroatoms. The first-order valence-corrected chi connectivity index (χ1v) is 12.3. The fourth-order valence-electron chi connectivity index (χ4n) is 4.01. The van der Waals surface area contributed by atoms with Crippen LogP contribution in [-0.2, 0) is 9.59 Å². The molecule has 3 N–H and O–H groups in total. The number of rotatable bonds is 11. The zero-order chi connectivity index (χ0) is 26.9. The van der Waals surface area contributed by atoms with Crippen LogP contribution >= 0.6 is 11.6 Å². The standard InChI is InChI=1S/C25H34ClN7O4/c1-6-23(35)29-19-13-20(22(36-5)14-21(19)33-10-7-17(8-11-33)32(3)4)30-25-28-15-18(26)24(31-25)37-12-9-27-16(2)34/h6,13-15,17H,1,7-12H2,2-5H3,(H,27,34)(H,29,35)(H,28,30,31). The van der Waals surface area contributed by atoms with E-state index in [1.54, 1.807) is 13.2 Å². The molecule has 0 spiro atoms. The molecule has 2 aromatic rings. The summed E-state index contributed by atoms with van der Waals surface area (Å²) in [5, 5.41) is 8.91. The van der Waals surface area contributed by atoms with Crippen LogP contribution in [0.25, 0.3) is 0 Å². The molecule has 3 rings (SSSR count). The third-order valence-electron chi connectivity index (χ3n) is 5.97. The molecule has 11 nitrogen and oxygen atoms in total. The van der Waals surface area contributed by atoms with Crippen LogP contribution in [0.4, 0.5) is 23.0 Å². The second-order valence-corrected chi connectivity index (χ2v) is 9.16. The first-order chi connectivity index (χ1) is 17.7. The van der Waals surface area contributed by atoms with Gasteiger partial charge >= 0.3 is 0 Å². The van der Waals surface area contributed by atoms with E-state index < -0.39 is 0 Å². The van der Waals surface area contributed by atoms with E-state index in [0.717, 1.165) is 31.6 Å². The zero-order valence-electron chi connectivity index (χ0n) is 21.6. The minimum atomic E-state index is -0.321. The fraction of sp³-hybridized carbons (Fsp3) is 0.440. The van der Waals surface area contributed by atoms with E-state index >= 15 is 0 Å². The Morgan fingerprint density at radius 2 is 2.00 bits per heavy atom. The highest BCUT2D eigenvalue weighted by molar-refractivity contribution is 6.31. The summed E-state index contributed by atoms with van der Waals surface area (Å²) in [7, 11) is 5.76. The predicted molar refractivity (Wildman–Crippen MR) is 145 cm³/mol. The molecule has 200 valence electrons. The molecule has 0 radical (unpaired) electrons. The first-order valence-electron chi connectivity index (χ1n) is 12.0. The third-order valence-corrected chi connectivity index (χ3v) is 6.23. The van der Waals surface area contributed by atoms with Crippen molar-refractivity contribution < 1.29 is 19.1 Å². The van der Waals surface area contributed by atoms with E-state index in [1.807, 2.05) is 6.07 Å². The lowest BCUT2D eigenvalue weighted by atomic mass is 10.0. The summed E-state index contributed by atoms with van der Waals surface area (Å²) in [5.41, 5.74) is 2.01. The van der Waals surface area contributed by atoms with Crippen molar-refractivity contribution in [3.63, 3.8) is 0 Å². The quantitative estimate of drug-likeness (QED) is 0.296. The van der Waals surface area contributed by atoms with Gasteiger partial charge in [-0.2, -0.15) is 4.98 Å². The number of carbonyl (C=O) groups excluding carboxylic acids is 2. The molecule has 0 aliphatic carbocycles. The SMILES string of the molecule is C=CC(=O)Nc1cc(Nc2ncc(Cl)c(OCCNC(C)=O)n2)c(OC)cc1N1CCC(N(C)C)CC1. The number of anilines is 4. The maximum atomic E-state index is 12.2. The van der Waals surface area contributed by atoms with E-state index in [-0.39, 0.29) is 35.3 Å². The Morgan fingerprint density at radius 1 is 1.27 bits per heavy atom. The van der Waals surface area contributed by atoms with Crippen LogP contribution in [0, 0.1) is 0 Å². The maximum absolute atomic E-state index is 12.2. The molecule has 1 aromatic heterocycles. The largest absolute Gasteiger partial charge is 0.494 e. The second kappa shape index (κ2) is 13.1. The summed E-state index contributed by atoms with van der Waals surface area (Å²) in [6.07, 6.45) is 4.66. The Bertz CT molecular complexity index is 1120.